The van der Waals surface area contributed by atoms with Gasteiger partial charge in [0.15, 0.2) is 0 Å². The lowest BCUT2D eigenvalue weighted by Crippen LogP contribution is -2.65. The average Bonchev–Trinajstić information content (AvgIpc) is 2.19. The summed E-state index contributed by atoms with van der Waals surface area (Å²) in [6, 6.07) is -2.42. The van der Waals surface area contributed by atoms with Crippen LogP contribution in [0.4, 0.5) is 9.18 Å². The largest absolute Gasteiger partial charge is 0.368 e. The Kier molecular flexibility index (Phi) is 3.45. The molecule has 17 heavy (non-hydrogen) atoms. The minimum atomic E-state index is -2.49. The summed E-state index contributed by atoms with van der Waals surface area (Å²) in [5.41, 5.74) is 5.05. The van der Waals surface area contributed by atoms with Crippen LogP contribution in [0.2, 0.25) is 0 Å². The molecule has 2 atom stereocenters. The summed E-state index contributed by atoms with van der Waals surface area (Å²) in [5, 5.41) is 1.64. The fourth-order valence-electron chi connectivity index (χ4n) is 1.58. The van der Waals surface area contributed by atoms with Gasteiger partial charge in [0.25, 0.3) is 18.0 Å². The number of nitrogens with zero attached hydrogens (tertiary/aromatic N) is 1. The standard InChI is InChI=1S/C9H12FN3O4/c1-3(2)5(6(11)14)13-8(16)4(10)7(15)12-9(13)17/h3-5H,1-2H3,(H2,11,14)(H,12,15,17). The van der Waals surface area contributed by atoms with E-state index in [4.69, 9.17) is 5.73 Å². The second-order valence-corrected chi connectivity index (χ2v) is 3.96. The summed E-state index contributed by atoms with van der Waals surface area (Å²) in [7, 11) is 0. The average molecular weight is 245 g/mol. The summed E-state index contributed by atoms with van der Waals surface area (Å²) >= 11 is 0. The van der Waals surface area contributed by atoms with Crippen molar-refractivity contribution >= 4 is 23.8 Å². The number of hydrogen-bond donors (Lipinski definition) is 2. The molecule has 0 aromatic heterocycles. The third kappa shape index (κ3) is 2.24. The molecule has 5 amide bonds. The molecule has 0 saturated carbocycles. The lowest BCUT2D eigenvalue weighted by Gasteiger charge is -2.33. The molecule has 1 saturated heterocycles. The summed E-state index contributed by atoms with van der Waals surface area (Å²) in [4.78, 5) is 45.2. The molecular weight excluding hydrogens is 233 g/mol. The predicted octanol–water partition coefficient (Wildman–Crippen LogP) is -1.09. The maximum absolute atomic E-state index is 13.2. The van der Waals surface area contributed by atoms with Crippen LogP contribution >= 0.6 is 0 Å². The Bertz CT molecular complexity index is 396. The second-order valence-electron chi connectivity index (χ2n) is 3.96. The number of carbonyl (C=O) groups is 4. The summed E-state index contributed by atoms with van der Waals surface area (Å²) in [6.07, 6.45) is -2.49. The minimum absolute atomic E-state index is 0.360. The van der Waals surface area contributed by atoms with Gasteiger partial charge in [0.2, 0.25) is 5.91 Å². The number of barbiturate groups is 1. The van der Waals surface area contributed by atoms with E-state index in [1.807, 2.05) is 0 Å². The van der Waals surface area contributed by atoms with Crippen LogP contribution in [0, 0.1) is 5.92 Å². The van der Waals surface area contributed by atoms with E-state index in [1.165, 1.54) is 0 Å². The number of rotatable bonds is 3. The van der Waals surface area contributed by atoms with Crippen molar-refractivity contribution in [3.63, 3.8) is 0 Å². The van der Waals surface area contributed by atoms with Crippen molar-refractivity contribution in [3.8, 4) is 0 Å². The zero-order valence-corrected chi connectivity index (χ0v) is 9.27. The van der Waals surface area contributed by atoms with E-state index in [1.54, 1.807) is 19.2 Å². The van der Waals surface area contributed by atoms with Gasteiger partial charge in [0.05, 0.1) is 0 Å². The Morgan fingerprint density at radius 2 is 1.94 bits per heavy atom. The first kappa shape index (κ1) is 13.1. The fraction of sp³-hybridized carbons (Fsp3) is 0.556. The predicted molar refractivity (Wildman–Crippen MR) is 53.1 cm³/mol. The van der Waals surface area contributed by atoms with Crippen molar-refractivity contribution < 1.29 is 23.6 Å². The molecule has 1 rings (SSSR count). The SMILES string of the molecule is CC(C)C(C(N)=O)N1C(=O)NC(=O)C(F)C1=O. The van der Waals surface area contributed by atoms with Crippen LogP contribution in [-0.2, 0) is 14.4 Å². The Morgan fingerprint density at radius 3 is 2.35 bits per heavy atom. The highest BCUT2D eigenvalue weighted by Gasteiger charge is 2.46. The van der Waals surface area contributed by atoms with Crippen LogP contribution in [0.25, 0.3) is 0 Å². The maximum atomic E-state index is 13.2. The third-order valence-corrected chi connectivity index (χ3v) is 2.33. The van der Waals surface area contributed by atoms with E-state index in [0.717, 1.165) is 0 Å². The molecule has 1 aliphatic heterocycles. The zero-order chi connectivity index (χ0) is 13.3. The Balaban J connectivity index is 3.10. The first-order valence-corrected chi connectivity index (χ1v) is 4.88. The number of alkyl halides is 1. The summed E-state index contributed by atoms with van der Waals surface area (Å²) in [5.74, 6) is -4.12. The molecule has 0 spiro atoms. The van der Waals surface area contributed by atoms with Gasteiger partial charge in [-0.1, -0.05) is 13.8 Å². The van der Waals surface area contributed by atoms with E-state index in [0.29, 0.717) is 4.90 Å². The molecule has 0 aromatic carbocycles. The normalized spacial score (nSPS) is 22.7. The van der Waals surface area contributed by atoms with Crippen molar-refractivity contribution in [2.45, 2.75) is 26.1 Å². The highest BCUT2D eigenvalue weighted by atomic mass is 19.1. The van der Waals surface area contributed by atoms with Crippen LogP contribution < -0.4 is 11.1 Å². The quantitative estimate of drug-likeness (QED) is 0.616. The van der Waals surface area contributed by atoms with Crippen molar-refractivity contribution in [1.82, 2.24) is 10.2 Å². The maximum Gasteiger partial charge on any atom is 0.331 e. The molecule has 1 fully saturated rings. The van der Waals surface area contributed by atoms with Crippen LogP contribution in [0.5, 0.6) is 0 Å². The van der Waals surface area contributed by atoms with Gasteiger partial charge in [-0.25, -0.2) is 14.1 Å². The Hall–Kier alpha value is -1.99. The van der Waals surface area contributed by atoms with Crippen molar-refractivity contribution in [2.75, 3.05) is 0 Å². The molecule has 94 valence electrons. The van der Waals surface area contributed by atoms with Crippen LogP contribution in [0.1, 0.15) is 13.8 Å². The molecule has 7 nitrogen and oxygen atoms in total. The molecular formula is C9H12FN3O4. The van der Waals surface area contributed by atoms with E-state index in [-0.39, 0.29) is 0 Å². The topological polar surface area (TPSA) is 110 Å². The van der Waals surface area contributed by atoms with Gasteiger partial charge in [-0.2, -0.15) is 0 Å². The number of primary amides is 1. The van der Waals surface area contributed by atoms with Gasteiger partial charge in [0.1, 0.15) is 6.04 Å². The van der Waals surface area contributed by atoms with Crippen molar-refractivity contribution in [2.24, 2.45) is 11.7 Å². The Morgan fingerprint density at radius 1 is 1.41 bits per heavy atom. The number of nitrogens with two attached hydrogens (primary N) is 1. The minimum Gasteiger partial charge on any atom is -0.368 e. The van der Waals surface area contributed by atoms with Gasteiger partial charge < -0.3 is 5.73 Å². The van der Waals surface area contributed by atoms with Crippen LogP contribution in [0.3, 0.4) is 0 Å². The van der Waals surface area contributed by atoms with Crippen LogP contribution in [0.15, 0.2) is 0 Å². The number of carbonyl (C=O) groups excluding carboxylic acids is 4. The zero-order valence-electron chi connectivity index (χ0n) is 9.27. The molecule has 0 aliphatic carbocycles. The Labute approximate surface area is 96.1 Å². The number of imide groups is 2. The monoisotopic (exact) mass is 245 g/mol. The van der Waals surface area contributed by atoms with Crippen molar-refractivity contribution in [1.29, 1.82) is 0 Å². The number of hydrogen-bond acceptors (Lipinski definition) is 4. The molecule has 1 aliphatic rings. The van der Waals surface area contributed by atoms with Gasteiger partial charge in [0, 0.05) is 0 Å². The lowest BCUT2D eigenvalue weighted by atomic mass is 10.0. The van der Waals surface area contributed by atoms with Crippen molar-refractivity contribution in [3.05, 3.63) is 0 Å². The highest BCUT2D eigenvalue weighted by Crippen LogP contribution is 2.16. The van der Waals surface area contributed by atoms with E-state index < -0.39 is 41.9 Å². The fourth-order valence-corrected chi connectivity index (χ4v) is 1.58. The number of nitrogens with one attached hydrogen (secondary N) is 1. The van der Waals surface area contributed by atoms with Gasteiger partial charge in [-0.15, -0.1) is 0 Å². The highest BCUT2D eigenvalue weighted by molar-refractivity contribution is 6.19. The van der Waals surface area contributed by atoms with E-state index in [9.17, 15) is 23.6 Å². The summed E-state index contributed by atoms with van der Waals surface area (Å²) in [6.45, 7) is 3.08. The van der Waals surface area contributed by atoms with Gasteiger partial charge in [-0.3, -0.25) is 19.7 Å². The van der Waals surface area contributed by atoms with Gasteiger partial charge in [-0.05, 0) is 5.92 Å². The molecule has 1 heterocycles. The molecule has 2 unspecified atom stereocenters. The smallest absolute Gasteiger partial charge is 0.331 e. The first-order chi connectivity index (χ1) is 7.77. The first-order valence-electron chi connectivity index (χ1n) is 4.88. The molecule has 3 N–H and O–H groups in total. The number of amides is 5. The number of halogens is 1. The molecule has 0 bridgehead atoms. The summed E-state index contributed by atoms with van der Waals surface area (Å²) < 4.78 is 13.2. The second kappa shape index (κ2) is 4.48. The molecule has 0 aromatic rings. The lowest BCUT2D eigenvalue weighted by molar-refractivity contribution is -0.149. The van der Waals surface area contributed by atoms with Gasteiger partial charge >= 0.3 is 6.03 Å². The number of urea groups is 1. The molecule has 8 heteroatoms. The van der Waals surface area contributed by atoms with Crippen LogP contribution in [-0.4, -0.2) is 40.9 Å². The third-order valence-electron chi connectivity index (χ3n) is 2.33. The molecule has 0 radical (unpaired) electrons. The van der Waals surface area contributed by atoms with E-state index >= 15 is 0 Å². The van der Waals surface area contributed by atoms with E-state index in [2.05, 4.69) is 0 Å².